The lowest BCUT2D eigenvalue weighted by molar-refractivity contribution is 0.602. The SMILES string of the molecule is CS(=O)(=O)c1ccc(C#Cc2ccccc2)cc1. The van der Waals surface area contributed by atoms with Crippen LogP contribution in [-0.4, -0.2) is 14.7 Å². The Labute approximate surface area is 107 Å². The predicted octanol–water partition coefficient (Wildman–Crippen LogP) is 2.49. The molecular weight excluding hydrogens is 244 g/mol. The molecule has 90 valence electrons. The van der Waals surface area contributed by atoms with Crippen molar-refractivity contribution >= 4 is 9.84 Å². The minimum Gasteiger partial charge on any atom is -0.224 e. The van der Waals surface area contributed by atoms with Crippen LogP contribution in [0.4, 0.5) is 0 Å². The molecule has 0 aliphatic carbocycles. The van der Waals surface area contributed by atoms with Crippen LogP contribution in [0.15, 0.2) is 59.5 Å². The molecule has 2 rings (SSSR count). The fourth-order valence-corrected chi connectivity index (χ4v) is 2.08. The van der Waals surface area contributed by atoms with E-state index in [0.717, 1.165) is 11.1 Å². The van der Waals surface area contributed by atoms with Crippen molar-refractivity contribution in [3.8, 4) is 11.8 Å². The highest BCUT2D eigenvalue weighted by molar-refractivity contribution is 7.90. The minimum atomic E-state index is -3.13. The van der Waals surface area contributed by atoms with Gasteiger partial charge in [-0.25, -0.2) is 8.42 Å². The van der Waals surface area contributed by atoms with E-state index in [4.69, 9.17) is 0 Å². The average molecular weight is 256 g/mol. The molecule has 0 aromatic heterocycles. The van der Waals surface area contributed by atoms with Crippen LogP contribution in [0, 0.1) is 11.8 Å². The molecule has 0 bridgehead atoms. The highest BCUT2D eigenvalue weighted by atomic mass is 32.2. The van der Waals surface area contributed by atoms with Gasteiger partial charge in [0.25, 0.3) is 0 Å². The molecule has 3 heteroatoms. The van der Waals surface area contributed by atoms with E-state index in [9.17, 15) is 8.42 Å². The van der Waals surface area contributed by atoms with Gasteiger partial charge in [-0.3, -0.25) is 0 Å². The summed E-state index contributed by atoms with van der Waals surface area (Å²) in [5.41, 5.74) is 1.73. The molecule has 2 nitrogen and oxygen atoms in total. The van der Waals surface area contributed by atoms with Gasteiger partial charge in [0.05, 0.1) is 4.90 Å². The summed E-state index contributed by atoms with van der Waals surface area (Å²) in [5.74, 6) is 6.01. The number of benzene rings is 2. The zero-order chi connectivity index (χ0) is 13.0. The summed E-state index contributed by atoms with van der Waals surface area (Å²) in [6, 6.07) is 16.2. The molecular formula is C15H12O2S. The Morgan fingerprint density at radius 3 is 1.78 bits per heavy atom. The van der Waals surface area contributed by atoms with Gasteiger partial charge in [-0.1, -0.05) is 30.0 Å². The van der Waals surface area contributed by atoms with Crippen LogP contribution in [0.5, 0.6) is 0 Å². The molecule has 0 radical (unpaired) electrons. The topological polar surface area (TPSA) is 34.1 Å². The zero-order valence-electron chi connectivity index (χ0n) is 9.92. The number of hydrogen-bond donors (Lipinski definition) is 0. The summed E-state index contributed by atoms with van der Waals surface area (Å²) in [6.07, 6.45) is 1.19. The summed E-state index contributed by atoms with van der Waals surface area (Å²) in [4.78, 5) is 0.313. The van der Waals surface area contributed by atoms with E-state index in [1.165, 1.54) is 6.26 Å². The molecule has 0 heterocycles. The van der Waals surface area contributed by atoms with Crippen molar-refractivity contribution in [3.63, 3.8) is 0 Å². The van der Waals surface area contributed by atoms with Gasteiger partial charge in [-0.15, -0.1) is 0 Å². The monoisotopic (exact) mass is 256 g/mol. The Morgan fingerprint density at radius 1 is 0.778 bits per heavy atom. The van der Waals surface area contributed by atoms with Crippen LogP contribution in [-0.2, 0) is 9.84 Å². The van der Waals surface area contributed by atoms with Crippen LogP contribution < -0.4 is 0 Å². The van der Waals surface area contributed by atoms with E-state index in [0.29, 0.717) is 4.90 Å². The maximum Gasteiger partial charge on any atom is 0.175 e. The Kier molecular flexibility index (Phi) is 3.50. The van der Waals surface area contributed by atoms with Gasteiger partial charge in [0, 0.05) is 17.4 Å². The molecule has 2 aromatic rings. The van der Waals surface area contributed by atoms with Gasteiger partial charge in [-0.2, -0.15) is 0 Å². The molecule has 0 saturated carbocycles. The van der Waals surface area contributed by atoms with E-state index in [2.05, 4.69) is 11.8 Å². The molecule has 18 heavy (non-hydrogen) atoms. The average Bonchev–Trinajstić information content (AvgIpc) is 2.37. The minimum absolute atomic E-state index is 0.313. The number of rotatable bonds is 1. The first-order chi connectivity index (χ1) is 8.55. The van der Waals surface area contributed by atoms with E-state index in [1.54, 1.807) is 24.3 Å². The standard InChI is InChI=1S/C15H12O2S/c1-18(16,17)15-11-9-14(10-12-15)8-7-13-5-3-2-4-6-13/h2-6,9-12H,1H3. The second kappa shape index (κ2) is 5.07. The van der Waals surface area contributed by atoms with Crippen molar-refractivity contribution < 1.29 is 8.42 Å². The predicted molar refractivity (Wildman–Crippen MR) is 72.0 cm³/mol. The molecule has 0 spiro atoms. The highest BCUT2D eigenvalue weighted by Gasteiger charge is 2.04. The lowest BCUT2D eigenvalue weighted by Crippen LogP contribution is -1.96. The number of sulfone groups is 1. The van der Waals surface area contributed by atoms with Crippen LogP contribution in [0.3, 0.4) is 0 Å². The maximum atomic E-state index is 11.3. The van der Waals surface area contributed by atoms with Gasteiger partial charge in [0.2, 0.25) is 0 Å². The third kappa shape index (κ3) is 3.22. The second-order valence-electron chi connectivity index (χ2n) is 3.91. The van der Waals surface area contributed by atoms with Crippen LogP contribution in [0.1, 0.15) is 11.1 Å². The molecule has 0 fully saturated rings. The Bertz CT molecular complexity index is 688. The van der Waals surface area contributed by atoms with Crippen molar-refractivity contribution in [3.05, 3.63) is 65.7 Å². The fraction of sp³-hybridized carbons (Fsp3) is 0.0667. The molecule has 2 aromatic carbocycles. The van der Waals surface area contributed by atoms with Crippen LogP contribution in [0.2, 0.25) is 0 Å². The number of hydrogen-bond acceptors (Lipinski definition) is 2. The molecule has 0 amide bonds. The Balaban J connectivity index is 2.25. The van der Waals surface area contributed by atoms with Gasteiger partial charge in [0.1, 0.15) is 0 Å². The summed E-state index contributed by atoms with van der Waals surface area (Å²) in [5, 5.41) is 0. The van der Waals surface area contributed by atoms with Gasteiger partial charge in [0.15, 0.2) is 9.84 Å². The molecule has 0 saturated heterocycles. The summed E-state index contributed by atoms with van der Waals surface area (Å²) >= 11 is 0. The summed E-state index contributed by atoms with van der Waals surface area (Å²) in [6.45, 7) is 0. The van der Waals surface area contributed by atoms with E-state index < -0.39 is 9.84 Å². The van der Waals surface area contributed by atoms with E-state index >= 15 is 0 Å². The molecule has 0 aliphatic rings. The molecule has 0 atom stereocenters. The van der Waals surface area contributed by atoms with Crippen molar-refractivity contribution in [2.24, 2.45) is 0 Å². The van der Waals surface area contributed by atoms with Crippen molar-refractivity contribution in [2.75, 3.05) is 6.26 Å². The highest BCUT2D eigenvalue weighted by Crippen LogP contribution is 2.09. The first kappa shape index (κ1) is 12.4. The first-order valence-electron chi connectivity index (χ1n) is 5.43. The smallest absolute Gasteiger partial charge is 0.175 e. The van der Waals surface area contributed by atoms with E-state index in [-0.39, 0.29) is 0 Å². The fourth-order valence-electron chi connectivity index (χ4n) is 1.45. The van der Waals surface area contributed by atoms with Gasteiger partial charge >= 0.3 is 0 Å². The normalized spacial score (nSPS) is 10.5. The van der Waals surface area contributed by atoms with Crippen LogP contribution >= 0.6 is 0 Å². The van der Waals surface area contributed by atoms with Crippen LogP contribution in [0.25, 0.3) is 0 Å². The lowest BCUT2D eigenvalue weighted by Gasteiger charge is -1.97. The quantitative estimate of drug-likeness (QED) is 0.735. The van der Waals surface area contributed by atoms with Crippen molar-refractivity contribution in [1.82, 2.24) is 0 Å². The lowest BCUT2D eigenvalue weighted by atomic mass is 10.2. The summed E-state index contributed by atoms with van der Waals surface area (Å²) < 4.78 is 22.6. The Morgan fingerprint density at radius 2 is 1.28 bits per heavy atom. The molecule has 0 aliphatic heterocycles. The van der Waals surface area contributed by atoms with Gasteiger partial charge in [-0.05, 0) is 36.4 Å². The third-order valence-corrected chi connectivity index (χ3v) is 3.54. The van der Waals surface area contributed by atoms with Crippen molar-refractivity contribution in [1.29, 1.82) is 0 Å². The third-order valence-electron chi connectivity index (χ3n) is 2.41. The summed E-state index contributed by atoms with van der Waals surface area (Å²) in [7, 11) is -3.13. The van der Waals surface area contributed by atoms with Crippen molar-refractivity contribution in [2.45, 2.75) is 4.90 Å². The van der Waals surface area contributed by atoms with E-state index in [1.807, 2.05) is 30.3 Å². The van der Waals surface area contributed by atoms with Gasteiger partial charge < -0.3 is 0 Å². The largest absolute Gasteiger partial charge is 0.224 e. The second-order valence-corrected chi connectivity index (χ2v) is 5.93. The first-order valence-corrected chi connectivity index (χ1v) is 7.32. The Hall–Kier alpha value is -2.05. The maximum absolute atomic E-state index is 11.3. The molecule has 0 unspecified atom stereocenters. The zero-order valence-corrected chi connectivity index (χ0v) is 10.7. The molecule has 0 N–H and O–H groups in total.